The van der Waals surface area contributed by atoms with E-state index in [4.69, 9.17) is 0 Å². The molecule has 3 rings (SSSR count). The Kier molecular flexibility index (Phi) is 4.37. The minimum Gasteiger partial charge on any atom is -0.374 e. The van der Waals surface area contributed by atoms with Crippen LogP contribution in [0.5, 0.6) is 0 Å². The third kappa shape index (κ3) is 3.24. The van der Waals surface area contributed by atoms with Crippen molar-refractivity contribution in [3.05, 3.63) is 59.7 Å². The third-order valence-electron chi connectivity index (χ3n) is 4.48. The van der Waals surface area contributed by atoms with Crippen molar-refractivity contribution in [2.45, 2.75) is 39.2 Å². The van der Waals surface area contributed by atoms with E-state index in [1.54, 1.807) is 0 Å². The first kappa shape index (κ1) is 15.6. The Morgan fingerprint density at radius 1 is 1.04 bits per heavy atom. The second-order valence-corrected chi connectivity index (χ2v) is 6.51. The minimum absolute atomic E-state index is 0.128. The Morgan fingerprint density at radius 3 is 2.43 bits per heavy atom. The van der Waals surface area contributed by atoms with Crippen molar-refractivity contribution in [3.63, 3.8) is 0 Å². The average molecular weight is 308 g/mol. The Balaban J connectivity index is 1.69. The summed E-state index contributed by atoms with van der Waals surface area (Å²) in [4.78, 5) is 14.6. The number of carbonyl (C=O) groups excluding carboxylic acids is 1. The number of rotatable bonds is 4. The van der Waals surface area contributed by atoms with Crippen molar-refractivity contribution < 1.29 is 4.79 Å². The Labute approximate surface area is 138 Å². The molecule has 1 aliphatic rings. The zero-order valence-electron chi connectivity index (χ0n) is 14.0. The molecule has 0 fully saturated rings. The van der Waals surface area contributed by atoms with Gasteiger partial charge in [0.2, 0.25) is 5.91 Å². The van der Waals surface area contributed by atoms with Gasteiger partial charge in [0.25, 0.3) is 0 Å². The van der Waals surface area contributed by atoms with Crippen LogP contribution in [0.1, 0.15) is 37.8 Å². The predicted molar refractivity (Wildman–Crippen MR) is 96.1 cm³/mol. The maximum Gasteiger partial charge on any atom is 0.249 e. The van der Waals surface area contributed by atoms with Crippen molar-refractivity contribution in [1.29, 1.82) is 0 Å². The molecule has 1 N–H and O–H groups in total. The molecule has 0 aliphatic carbocycles. The van der Waals surface area contributed by atoms with Crippen LogP contribution in [0.3, 0.4) is 0 Å². The van der Waals surface area contributed by atoms with Crippen LogP contribution in [-0.4, -0.2) is 18.5 Å². The molecule has 1 heterocycles. The first-order valence-electron chi connectivity index (χ1n) is 8.32. The van der Waals surface area contributed by atoms with E-state index in [1.807, 2.05) is 30.0 Å². The van der Waals surface area contributed by atoms with Gasteiger partial charge in [0, 0.05) is 17.9 Å². The van der Waals surface area contributed by atoms with Crippen LogP contribution in [-0.2, 0) is 11.2 Å². The van der Waals surface area contributed by atoms with Gasteiger partial charge in [0.1, 0.15) is 6.04 Å². The zero-order chi connectivity index (χ0) is 16.4. The van der Waals surface area contributed by atoms with Gasteiger partial charge in [-0.3, -0.25) is 4.79 Å². The van der Waals surface area contributed by atoms with Crippen LogP contribution in [0.15, 0.2) is 48.5 Å². The molecule has 0 spiro atoms. The first-order chi connectivity index (χ1) is 11.1. The lowest BCUT2D eigenvalue weighted by Gasteiger charge is -2.23. The van der Waals surface area contributed by atoms with Gasteiger partial charge in [0.05, 0.1) is 0 Å². The average Bonchev–Trinajstić information content (AvgIpc) is 2.98. The molecule has 3 heteroatoms. The highest BCUT2D eigenvalue weighted by Gasteiger charge is 2.27. The van der Waals surface area contributed by atoms with Crippen LogP contribution in [0.2, 0.25) is 0 Å². The minimum atomic E-state index is -0.244. The lowest BCUT2D eigenvalue weighted by atomic mass is 10.0. The van der Waals surface area contributed by atoms with Gasteiger partial charge < -0.3 is 10.2 Å². The van der Waals surface area contributed by atoms with Gasteiger partial charge in [-0.25, -0.2) is 0 Å². The first-order valence-corrected chi connectivity index (χ1v) is 8.32. The van der Waals surface area contributed by atoms with Crippen LogP contribution in [0.4, 0.5) is 11.4 Å². The summed E-state index contributed by atoms with van der Waals surface area (Å²) in [5.74, 6) is 0.645. The molecule has 120 valence electrons. The van der Waals surface area contributed by atoms with E-state index in [0.717, 1.165) is 24.3 Å². The quantitative estimate of drug-likeness (QED) is 0.918. The molecule has 0 aromatic heterocycles. The van der Waals surface area contributed by atoms with E-state index in [9.17, 15) is 4.79 Å². The second kappa shape index (κ2) is 6.45. The van der Waals surface area contributed by atoms with Crippen LogP contribution in [0, 0.1) is 0 Å². The number of nitrogens with zero attached hydrogens (tertiary/aromatic N) is 1. The van der Waals surface area contributed by atoms with Crippen LogP contribution < -0.4 is 10.2 Å². The lowest BCUT2D eigenvalue weighted by Crippen LogP contribution is -2.40. The Hall–Kier alpha value is -2.29. The number of para-hydroxylation sites is 1. The third-order valence-corrected chi connectivity index (χ3v) is 4.48. The molecule has 0 saturated heterocycles. The molecule has 0 bridgehead atoms. The van der Waals surface area contributed by atoms with Crippen LogP contribution in [0.25, 0.3) is 0 Å². The molecule has 0 saturated carbocycles. The van der Waals surface area contributed by atoms with E-state index < -0.39 is 0 Å². The standard InChI is InChI=1S/C20H24N2O/c1-14(2)16-8-10-18(11-9-16)21-15(3)20(23)22-13-12-17-6-4-5-7-19(17)22/h4-11,14-15,21H,12-13H2,1-3H3/t15-/m0/s1. The van der Waals surface area contributed by atoms with Gasteiger partial charge in [-0.15, -0.1) is 0 Å². The molecule has 0 unspecified atom stereocenters. The number of hydrogen-bond donors (Lipinski definition) is 1. The Bertz CT molecular complexity index is 691. The van der Waals surface area contributed by atoms with E-state index in [2.05, 4.69) is 49.5 Å². The van der Waals surface area contributed by atoms with Gasteiger partial charge in [-0.1, -0.05) is 44.2 Å². The number of carbonyl (C=O) groups is 1. The van der Waals surface area contributed by atoms with Crippen molar-refractivity contribution in [2.75, 3.05) is 16.8 Å². The smallest absolute Gasteiger partial charge is 0.249 e. The molecule has 2 aromatic carbocycles. The lowest BCUT2D eigenvalue weighted by molar-refractivity contribution is -0.118. The number of anilines is 2. The topological polar surface area (TPSA) is 32.3 Å². The number of hydrogen-bond acceptors (Lipinski definition) is 2. The highest BCUT2D eigenvalue weighted by molar-refractivity contribution is 6.00. The molecule has 1 aliphatic heterocycles. The molecule has 1 atom stereocenters. The van der Waals surface area contributed by atoms with Gasteiger partial charge in [0.15, 0.2) is 0 Å². The molecule has 2 aromatic rings. The maximum atomic E-state index is 12.8. The normalized spacial score (nSPS) is 14.7. The van der Waals surface area contributed by atoms with Gasteiger partial charge in [-0.05, 0) is 48.6 Å². The molecular weight excluding hydrogens is 284 g/mol. The van der Waals surface area contributed by atoms with Crippen LogP contribution >= 0.6 is 0 Å². The summed E-state index contributed by atoms with van der Waals surface area (Å²) in [6, 6.07) is 16.3. The monoisotopic (exact) mass is 308 g/mol. The van der Waals surface area contributed by atoms with Gasteiger partial charge in [-0.2, -0.15) is 0 Å². The second-order valence-electron chi connectivity index (χ2n) is 6.51. The van der Waals surface area contributed by atoms with E-state index in [-0.39, 0.29) is 11.9 Å². The summed E-state index contributed by atoms with van der Waals surface area (Å²) in [5.41, 5.74) is 4.61. The molecule has 0 radical (unpaired) electrons. The van der Waals surface area contributed by atoms with Gasteiger partial charge >= 0.3 is 0 Å². The van der Waals surface area contributed by atoms with Crippen molar-refractivity contribution in [1.82, 2.24) is 0 Å². The number of amides is 1. The highest BCUT2D eigenvalue weighted by Crippen LogP contribution is 2.28. The summed E-state index contributed by atoms with van der Waals surface area (Å²) in [6.07, 6.45) is 0.942. The van der Waals surface area contributed by atoms with E-state index >= 15 is 0 Å². The fraction of sp³-hybridized carbons (Fsp3) is 0.350. The molecule has 3 nitrogen and oxygen atoms in total. The van der Waals surface area contributed by atoms with E-state index in [0.29, 0.717) is 5.92 Å². The maximum absolute atomic E-state index is 12.8. The molecular formula is C20H24N2O. The fourth-order valence-corrected chi connectivity index (χ4v) is 3.08. The number of fused-ring (bicyclic) bond motifs is 1. The zero-order valence-corrected chi connectivity index (χ0v) is 14.0. The van der Waals surface area contributed by atoms with Crippen molar-refractivity contribution >= 4 is 17.3 Å². The molecule has 1 amide bonds. The number of nitrogens with one attached hydrogen (secondary N) is 1. The largest absolute Gasteiger partial charge is 0.374 e. The Morgan fingerprint density at radius 2 is 1.74 bits per heavy atom. The fourth-order valence-electron chi connectivity index (χ4n) is 3.08. The molecule has 23 heavy (non-hydrogen) atoms. The number of benzene rings is 2. The summed E-state index contributed by atoms with van der Waals surface area (Å²) >= 11 is 0. The summed E-state index contributed by atoms with van der Waals surface area (Å²) in [7, 11) is 0. The van der Waals surface area contributed by atoms with Crippen molar-refractivity contribution in [3.8, 4) is 0 Å². The van der Waals surface area contributed by atoms with Crippen molar-refractivity contribution in [2.24, 2.45) is 0 Å². The highest BCUT2D eigenvalue weighted by atomic mass is 16.2. The van der Waals surface area contributed by atoms with E-state index in [1.165, 1.54) is 11.1 Å². The summed E-state index contributed by atoms with van der Waals surface area (Å²) in [5, 5.41) is 3.32. The SMILES string of the molecule is CC(C)c1ccc(N[C@@H](C)C(=O)N2CCc3ccccc32)cc1. The summed E-state index contributed by atoms with van der Waals surface area (Å²) < 4.78 is 0. The summed E-state index contributed by atoms with van der Waals surface area (Å²) in [6.45, 7) is 7.06. The predicted octanol–water partition coefficient (Wildman–Crippen LogP) is 4.20.